The third-order valence-electron chi connectivity index (χ3n) is 1.59. The van der Waals surface area contributed by atoms with Crippen LogP contribution in [0.5, 0.6) is 0 Å². The molecule has 0 saturated carbocycles. The van der Waals surface area contributed by atoms with Crippen LogP contribution in [0.2, 0.25) is 0 Å². The van der Waals surface area contributed by atoms with Crippen molar-refractivity contribution in [3.8, 4) is 12.3 Å². The fourth-order valence-electron chi connectivity index (χ4n) is 0.939. The van der Waals surface area contributed by atoms with Crippen LogP contribution in [-0.2, 0) is 6.54 Å². The third kappa shape index (κ3) is 2.64. The van der Waals surface area contributed by atoms with Gasteiger partial charge in [-0.15, -0.1) is 12.3 Å². The van der Waals surface area contributed by atoms with Gasteiger partial charge in [0.25, 0.3) is 0 Å². The fraction of sp³-hybridized carbons (Fsp3) is 0.333. The minimum absolute atomic E-state index is 0.209. The molecule has 0 amide bonds. The molecule has 1 N–H and O–H groups in total. The normalized spacial score (nSPS) is 9.46. The van der Waals surface area contributed by atoms with E-state index in [2.05, 4.69) is 11.0 Å². The Morgan fingerprint density at radius 2 is 2.54 bits per heavy atom. The molecule has 68 valence electrons. The van der Waals surface area contributed by atoms with Crippen molar-refractivity contribution >= 4 is 5.97 Å². The topological polar surface area (TPSA) is 55.1 Å². The van der Waals surface area contributed by atoms with Crippen molar-refractivity contribution in [1.82, 2.24) is 9.78 Å². The first-order valence-corrected chi connectivity index (χ1v) is 3.93. The van der Waals surface area contributed by atoms with Gasteiger partial charge < -0.3 is 5.11 Å². The van der Waals surface area contributed by atoms with E-state index in [1.807, 2.05) is 0 Å². The van der Waals surface area contributed by atoms with Gasteiger partial charge in [-0.05, 0) is 6.42 Å². The molecule has 13 heavy (non-hydrogen) atoms. The average molecular weight is 178 g/mol. The first-order valence-electron chi connectivity index (χ1n) is 3.93. The smallest absolute Gasteiger partial charge is 0.338 e. The number of carboxylic acids is 1. The van der Waals surface area contributed by atoms with Crippen LogP contribution in [0.4, 0.5) is 0 Å². The zero-order chi connectivity index (χ0) is 9.68. The first kappa shape index (κ1) is 9.33. The number of hydrogen-bond acceptors (Lipinski definition) is 2. The highest BCUT2D eigenvalue weighted by atomic mass is 16.4. The molecule has 0 aliphatic heterocycles. The van der Waals surface area contributed by atoms with Crippen LogP contribution in [-0.4, -0.2) is 20.9 Å². The molecule has 1 rings (SSSR count). The van der Waals surface area contributed by atoms with Crippen LogP contribution in [0, 0.1) is 12.3 Å². The summed E-state index contributed by atoms with van der Waals surface area (Å²) in [5.74, 6) is 1.55. The Hall–Kier alpha value is -1.76. The van der Waals surface area contributed by atoms with Crippen LogP contribution in [0.25, 0.3) is 0 Å². The Bertz CT molecular complexity index is 336. The average Bonchev–Trinajstić information content (AvgIpc) is 2.53. The summed E-state index contributed by atoms with van der Waals surface area (Å²) in [6, 6.07) is 0. The van der Waals surface area contributed by atoms with Gasteiger partial charge in [-0.3, -0.25) is 4.68 Å². The maximum absolute atomic E-state index is 10.5. The largest absolute Gasteiger partial charge is 0.478 e. The number of carboxylic acid groups (broad SMARTS) is 1. The molecule has 0 atom stereocenters. The summed E-state index contributed by atoms with van der Waals surface area (Å²) in [6.45, 7) is 0.664. The van der Waals surface area contributed by atoms with Gasteiger partial charge in [-0.2, -0.15) is 5.10 Å². The lowest BCUT2D eigenvalue weighted by atomic mass is 10.3. The summed E-state index contributed by atoms with van der Waals surface area (Å²) in [5, 5.41) is 12.5. The molecule has 0 unspecified atom stereocenters. The summed E-state index contributed by atoms with van der Waals surface area (Å²) in [7, 11) is 0. The standard InChI is InChI=1S/C9H10N2O2/c1-2-3-4-5-11-7-8(6-10-11)9(12)13/h1,6-7H,3-5H2,(H,12,13). The molecule has 0 aromatic carbocycles. The summed E-state index contributed by atoms with van der Waals surface area (Å²) >= 11 is 0. The summed E-state index contributed by atoms with van der Waals surface area (Å²) in [5.41, 5.74) is 0.209. The molecule has 4 nitrogen and oxygen atoms in total. The molecule has 0 saturated heterocycles. The van der Waals surface area contributed by atoms with Gasteiger partial charge >= 0.3 is 5.97 Å². The Kier molecular flexibility index (Phi) is 3.09. The molecular formula is C9H10N2O2. The summed E-state index contributed by atoms with van der Waals surface area (Å²) < 4.78 is 1.58. The lowest BCUT2D eigenvalue weighted by Crippen LogP contribution is -1.98. The Morgan fingerprint density at radius 1 is 1.77 bits per heavy atom. The number of hydrogen-bond donors (Lipinski definition) is 1. The van der Waals surface area contributed by atoms with E-state index in [1.54, 1.807) is 4.68 Å². The molecule has 1 heterocycles. The van der Waals surface area contributed by atoms with Gasteiger partial charge in [0.1, 0.15) is 0 Å². The Labute approximate surface area is 76.2 Å². The van der Waals surface area contributed by atoms with Crippen molar-refractivity contribution in [1.29, 1.82) is 0 Å². The van der Waals surface area contributed by atoms with Crippen LogP contribution in [0.1, 0.15) is 23.2 Å². The number of aromatic carboxylic acids is 1. The van der Waals surface area contributed by atoms with Gasteiger partial charge in [0.15, 0.2) is 0 Å². The van der Waals surface area contributed by atoms with Crippen molar-refractivity contribution in [3.05, 3.63) is 18.0 Å². The minimum atomic E-state index is -0.955. The quantitative estimate of drug-likeness (QED) is 0.552. The lowest BCUT2D eigenvalue weighted by molar-refractivity contribution is 0.0697. The second kappa shape index (κ2) is 4.31. The minimum Gasteiger partial charge on any atom is -0.478 e. The molecule has 4 heteroatoms. The monoisotopic (exact) mass is 178 g/mol. The second-order valence-corrected chi connectivity index (χ2v) is 2.60. The Morgan fingerprint density at radius 3 is 3.08 bits per heavy atom. The highest BCUT2D eigenvalue weighted by molar-refractivity contribution is 5.86. The van der Waals surface area contributed by atoms with E-state index in [0.717, 1.165) is 6.42 Å². The SMILES string of the molecule is C#CCCCn1cc(C(=O)O)cn1. The second-order valence-electron chi connectivity index (χ2n) is 2.60. The number of nitrogens with zero attached hydrogens (tertiary/aromatic N) is 2. The van der Waals surface area contributed by atoms with Crippen LogP contribution in [0.3, 0.4) is 0 Å². The maximum atomic E-state index is 10.5. The highest BCUT2D eigenvalue weighted by Crippen LogP contribution is 1.99. The predicted molar refractivity (Wildman–Crippen MR) is 47.3 cm³/mol. The zero-order valence-corrected chi connectivity index (χ0v) is 7.10. The zero-order valence-electron chi connectivity index (χ0n) is 7.10. The number of aromatic nitrogens is 2. The fourth-order valence-corrected chi connectivity index (χ4v) is 0.939. The molecule has 1 aromatic rings. The van der Waals surface area contributed by atoms with E-state index < -0.39 is 5.97 Å². The third-order valence-corrected chi connectivity index (χ3v) is 1.59. The predicted octanol–water partition coefficient (Wildman–Crippen LogP) is 0.995. The van der Waals surface area contributed by atoms with E-state index in [1.165, 1.54) is 12.4 Å². The van der Waals surface area contributed by atoms with Crippen LogP contribution >= 0.6 is 0 Å². The number of aryl methyl sites for hydroxylation is 1. The van der Waals surface area contributed by atoms with Crippen LogP contribution < -0.4 is 0 Å². The molecular weight excluding hydrogens is 168 g/mol. The molecule has 1 aromatic heterocycles. The van der Waals surface area contributed by atoms with Crippen molar-refractivity contribution in [2.24, 2.45) is 0 Å². The van der Waals surface area contributed by atoms with Gasteiger partial charge in [-0.1, -0.05) is 0 Å². The van der Waals surface area contributed by atoms with Crippen molar-refractivity contribution in [2.75, 3.05) is 0 Å². The lowest BCUT2D eigenvalue weighted by Gasteiger charge is -1.96. The number of terminal acetylenes is 1. The van der Waals surface area contributed by atoms with Crippen LogP contribution in [0.15, 0.2) is 12.4 Å². The van der Waals surface area contributed by atoms with E-state index in [0.29, 0.717) is 13.0 Å². The van der Waals surface area contributed by atoms with E-state index in [4.69, 9.17) is 11.5 Å². The van der Waals surface area contributed by atoms with E-state index in [9.17, 15) is 4.79 Å². The van der Waals surface area contributed by atoms with Crippen molar-refractivity contribution in [3.63, 3.8) is 0 Å². The van der Waals surface area contributed by atoms with E-state index in [-0.39, 0.29) is 5.56 Å². The van der Waals surface area contributed by atoms with E-state index >= 15 is 0 Å². The number of rotatable bonds is 4. The van der Waals surface area contributed by atoms with Gasteiger partial charge in [0, 0.05) is 19.2 Å². The summed E-state index contributed by atoms with van der Waals surface area (Å²) in [4.78, 5) is 10.5. The molecule has 0 aliphatic rings. The molecule has 0 bridgehead atoms. The summed E-state index contributed by atoms with van der Waals surface area (Å²) in [6.07, 6.45) is 9.40. The molecule has 0 aliphatic carbocycles. The first-order chi connectivity index (χ1) is 6.24. The molecule has 0 spiro atoms. The Balaban J connectivity index is 2.50. The maximum Gasteiger partial charge on any atom is 0.338 e. The molecule has 0 fully saturated rings. The number of unbranched alkanes of at least 4 members (excludes halogenated alkanes) is 1. The van der Waals surface area contributed by atoms with Gasteiger partial charge in [0.2, 0.25) is 0 Å². The van der Waals surface area contributed by atoms with Crippen molar-refractivity contribution < 1.29 is 9.90 Å². The van der Waals surface area contributed by atoms with Gasteiger partial charge in [0.05, 0.1) is 11.8 Å². The molecule has 0 radical (unpaired) electrons. The number of carbonyl (C=O) groups is 1. The van der Waals surface area contributed by atoms with Gasteiger partial charge in [-0.25, -0.2) is 4.79 Å². The van der Waals surface area contributed by atoms with Crippen molar-refractivity contribution in [2.45, 2.75) is 19.4 Å². The highest BCUT2D eigenvalue weighted by Gasteiger charge is 2.04.